The van der Waals surface area contributed by atoms with Crippen molar-refractivity contribution in [3.05, 3.63) is 137 Å². The summed E-state index contributed by atoms with van der Waals surface area (Å²) in [6.07, 6.45) is 3.00. The average molecular weight is 899 g/mol. The molecule has 19 heteroatoms. The number of hydrogen-bond acceptors (Lipinski definition) is 11. The van der Waals surface area contributed by atoms with E-state index in [2.05, 4.69) is 43.8 Å². The van der Waals surface area contributed by atoms with Crippen LogP contribution in [0.1, 0.15) is 62.0 Å². The number of nitrogens with two attached hydrogens (primary N) is 1. The van der Waals surface area contributed by atoms with Crippen LogP contribution in [0.4, 0.5) is 49.7 Å². The van der Waals surface area contributed by atoms with Gasteiger partial charge in [0.05, 0.1) is 51.2 Å². The summed E-state index contributed by atoms with van der Waals surface area (Å²) in [5.41, 5.74) is 9.04. The summed E-state index contributed by atoms with van der Waals surface area (Å²) in [6.45, 7) is 5.79. The van der Waals surface area contributed by atoms with Crippen LogP contribution in [0, 0.1) is 36.5 Å². The van der Waals surface area contributed by atoms with Crippen LogP contribution in [0.3, 0.4) is 0 Å². The second-order valence-electron chi connectivity index (χ2n) is 16.8. The number of carbonyl (C=O) groups is 5. The predicted molar refractivity (Wildman–Crippen MR) is 250 cm³/mol. The highest BCUT2D eigenvalue weighted by Crippen LogP contribution is 2.37. The summed E-state index contributed by atoms with van der Waals surface area (Å²) in [7, 11) is 0. The molecule has 7 N–H and O–H groups in total. The van der Waals surface area contributed by atoms with Crippen molar-refractivity contribution in [3.8, 4) is 12.1 Å². The number of aromatic nitrogens is 4. The fourth-order valence-corrected chi connectivity index (χ4v) is 8.23. The first-order valence-electron chi connectivity index (χ1n) is 21.2. The molecule has 2 aliphatic rings. The lowest BCUT2D eigenvalue weighted by Gasteiger charge is -2.48. The van der Waals surface area contributed by atoms with E-state index in [9.17, 15) is 34.5 Å². The van der Waals surface area contributed by atoms with Gasteiger partial charge in [0.25, 0.3) is 11.8 Å². The molecular formula is C48H46N14O5. The van der Waals surface area contributed by atoms with Crippen molar-refractivity contribution in [2.75, 3.05) is 52.8 Å². The Labute approximate surface area is 385 Å². The van der Waals surface area contributed by atoms with E-state index in [1.54, 1.807) is 64.3 Å². The van der Waals surface area contributed by atoms with Crippen LogP contribution in [0.2, 0.25) is 0 Å². The Bertz CT molecular complexity index is 2990. The number of nitrogens with zero attached hydrogens (tertiary/aromatic N) is 8. The normalized spacial score (nSPS) is 14.3. The van der Waals surface area contributed by atoms with Crippen LogP contribution in [0.15, 0.2) is 109 Å². The summed E-state index contributed by atoms with van der Waals surface area (Å²) < 4.78 is 3.06. The number of nitriles is 2. The number of hydrogen-bond donors (Lipinski definition) is 6. The number of primary amides is 1. The monoisotopic (exact) mass is 898 g/mol. The molecule has 4 aromatic carbocycles. The maximum absolute atomic E-state index is 14.2. The molecule has 2 aromatic heterocycles. The van der Waals surface area contributed by atoms with Crippen LogP contribution >= 0.6 is 0 Å². The zero-order valence-corrected chi connectivity index (χ0v) is 36.8. The zero-order chi connectivity index (χ0) is 47.5. The van der Waals surface area contributed by atoms with Gasteiger partial charge in [0.2, 0.25) is 0 Å². The number of rotatable bonds is 14. The fraction of sp³-hybridized carbons (Fsp3) is 0.229. The first-order valence-corrected chi connectivity index (χ1v) is 21.2. The van der Waals surface area contributed by atoms with Crippen molar-refractivity contribution in [2.45, 2.75) is 44.7 Å². The molecule has 2 fully saturated rings. The van der Waals surface area contributed by atoms with Crippen molar-refractivity contribution >= 4 is 69.7 Å². The maximum Gasteiger partial charge on any atom is 0.322 e. The number of benzene rings is 4. The minimum absolute atomic E-state index is 0.00205. The standard InChI is InChI=1S/C48H46N14O5/c1-30-10-7-11-31(2)40(30)56-46(67)60-28-47(29-60,18-20-49)61-24-38(41(51)64)42(57-61)53-36-16-9-17-37(23-36)54-44(65)39-25-62(58-43(39)52-34-13-5-4-6-14-34)48(19-21-50)26-59(27-48)45(66)55-35-15-8-12-33(22-35)32(3)63/h4-17,22-25H,18-19,26-29H2,1-3H3,(H2,51,64)(H,52,58)(H,53,57)(H,54,65)(H,55,66)(H,56,67). The topological polar surface area (TPSA) is 261 Å². The van der Waals surface area contributed by atoms with Gasteiger partial charge in [-0.2, -0.15) is 20.7 Å². The van der Waals surface area contributed by atoms with Crippen LogP contribution in [0.25, 0.3) is 0 Å². The first kappa shape index (κ1) is 44.6. The minimum Gasteiger partial charge on any atom is -0.365 e. The number of ketones is 1. The van der Waals surface area contributed by atoms with Crippen molar-refractivity contribution in [2.24, 2.45) is 5.73 Å². The van der Waals surface area contributed by atoms with E-state index in [1.807, 2.05) is 62.4 Å². The van der Waals surface area contributed by atoms with Crippen molar-refractivity contribution < 1.29 is 24.0 Å². The Hall–Kier alpha value is -8.97. The molecule has 8 rings (SSSR count). The van der Waals surface area contributed by atoms with E-state index < -0.39 is 28.9 Å². The minimum atomic E-state index is -0.958. The van der Waals surface area contributed by atoms with E-state index in [0.717, 1.165) is 11.1 Å². The summed E-state index contributed by atoms with van der Waals surface area (Å²) in [5.74, 6) is -1.13. The highest BCUT2D eigenvalue weighted by atomic mass is 16.2. The van der Waals surface area contributed by atoms with Crippen LogP contribution in [0.5, 0.6) is 0 Å². The van der Waals surface area contributed by atoms with Gasteiger partial charge in [-0.1, -0.05) is 54.6 Å². The second-order valence-corrected chi connectivity index (χ2v) is 16.8. The van der Waals surface area contributed by atoms with E-state index in [-0.39, 0.29) is 73.6 Å². The summed E-state index contributed by atoms with van der Waals surface area (Å²) in [4.78, 5) is 68.5. The Morgan fingerprint density at radius 1 is 0.627 bits per heavy atom. The third kappa shape index (κ3) is 9.20. The molecule has 2 saturated heterocycles. The number of aryl methyl sites for hydroxylation is 2. The van der Waals surface area contributed by atoms with Gasteiger partial charge in [0.1, 0.15) is 22.2 Å². The van der Waals surface area contributed by atoms with Gasteiger partial charge in [-0.05, 0) is 74.4 Å². The van der Waals surface area contributed by atoms with Gasteiger partial charge in [-0.25, -0.2) is 9.59 Å². The Balaban J connectivity index is 0.996. The molecule has 0 atom stereocenters. The lowest BCUT2D eigenvalue weighted by atomic mass is 9.87. The Morgan fingerprint density at radius 3 is 1.70 bits per heavy atom. The third-order valence-electron chi connectivity index (χ3n) is 11.9. The average Bonchev–Trinajstić information content (AvgIpc) is 3.90. The largest absolute Gasteiger partial charge is 0.365 e. The summed E-state index contributed by atoms with van der Waals surface area (Å²) >= 11 is 0. The fourth-order valence-electron chi connectivity index (χ4n) is 8.23. The van der Waals surface area contributed by atoms with Crippen LogP contribution in [-0.4, -0.2) is 85.2 Å². The molecule has 2 aliphatic heterocycles. The molecule has 6 aromatic rings. The van der Waals surface area contributed by atoms with Gasteiger partial charge >= 0.3 is 12.1 Å². The van der Waals surface area contributed by atoms with Gasteiger partial charge in [-0.15, -0.1) is 0 Å². The number of Topliss-reactive ketones (excluding diaryl/α,β-unsaturated/α-hetero) is 1. The van der Waals surface area contributed by atoms with E-state index >= 15 is 0 Å². The molecule has 0 aliphatic carbocycles. The molecule has 0 unspecified atom stereocenters. The molecule has 4 heterocycles. The number of urea groups is 2. The van der Waals surface area contributed by atoms with E-state index in [0.29, 0.717) is 34.0 Å². The van der Waals surface area contributed by atoms with Crippen molar-refractivity contribution in [3.63, 3.8) is 0 Å². The van der Waals surface area contributed by atoms with Gasteiger partial charge < -0.3 is 42.1 Å². The molecule has 6 amide bonds. The molecule has 338 valence electrons. The smallest absolute Gasteiger partial charge is 0.322 e. The van der Waals surface area contributed by atoms with Crippen molar-refractivity contribution in [1.82, 2.24) is 29.4 Å². The lowest BCUT2D eigenvalue weighted by Crippen LogP contribution is -2.65. The van der Waals surface area contributed by atoms with Crippen LogP contribution < -0.4 is 32.3 Å². The van der Waals surface area contributed by atoms with Gasteiger partial charge in [0, 0.05) is 46.4 Å². The molecule has 0 radical (unpaired) electrons. The molecule has 0 bridgehead atoms. The summed E-state index contributed by atoms with van der Waals surface area (Å²) in [6, 6.07) is 31.8. The number of nitrogens with one attached hydrogen (secondary N) is 5. The highest BCUT2D eigenvalue weighted by molar-refractivity contribution is 6.08. The van der Waals surface area contributed by atoms with E-state index in [4.69, 9.17) is 10.8 Å². The molecule has 0 spiro atoms. The lowest BCUT2D eigenvalue weighted by molar-refractivity contribution is 0.0400. The molecule has 19 nitrogen and oxygen atoms in total. The Kier molecular flexibility index (Phi) is 12.2. The zero-order valence-electron chi connectivity index (χ0n) is 36.8. The second kappa shape index (κ2) is 18.3. The van der Waals surface area contributed by atoms with E-state index in [1.165, 1.54) is 22.7 Å². The maximum atomic E-state index is 14.2. The first-order chi connectivity index (χ1) is 32.2. The van der Waals surface area contributed by atoms with Gasteiger partial charge in [-0.3, -0.25) is 23.7 Å². The van der Waals surface area contributed by atoms with Gasteiger partial charge in [0.15, 0.2) is 17.4 Å². The van der Waals surface area contributed by atoms with Crippen molar-refractivity contribution in [1.29, 1.82) is 10.5 Å². The SMILES string of the molecule is CC(=O)c1cccc(NC(=O)N2CC(CC#N)(n3cc(C(=O)Nc4cccc(Nc5nn(C6(CC#N)CN(C(=O)Nc7c(C)cccc7C)C6)cc5C(N)=O)c4)c(Nc4ccccc4)n3)C2)c1. The summed E-state index contributed by atoms with van der Waals surface area (Å²) in [5, 5.41) is 44.2. The number of para-hydroxylation sites is 2. The molecular weight excluding hydrogens is 853 g/mol. The number of likely N-dealkylation sites (tertiary alicyclic amines) is 2. The third-order valence-corrected chi connectivity index (χ3v) is 11.9. The molecule has 0 saturated carbocycles. The number of amides is 6. The number of carbonyl (C=O) groups excluding carboxylic acids is 5. The highest BCUT2D eigenvalue weighted by Gasteiger charge is 2.49. The molecule has 67 heavy (non-hydrogen) atoms. The quantitative estimate of drug-likeness (QED) is 0.0604. The Morgan fingerprint density at radius 2 is 1.12 bits per heavy atom. The van der Waals surface area contributed by atoms with Crippen LogP contribution in [-0.2, 0) is 11.1 Å². The predicted octanol–water partition coefficient (Wildman–Crippen LogP) is 7.05. The number of anilines is 7.